The Morgan fingerprint density at radius 1 is 1.43 bits per heavy atom. The van der Waals surface area contributed by atoms with Crippen LogP contribution >= 0.6 is 0 Å². The van der Waals surface area contributed by atoms with Gasteiger partial charge in [0.25, 0.3) is 0 Å². The fraction of sp³-hybridized carbons (Fsp3) is 0.588. The molecule has 1 aliphatic rings. The van der Waals surface area contributed by atoms with Crippen molar-refractivity contribution >= 4 is 5.97 Å². The van der Waals surface area contributed by atoms with Crippen molar-refractivity contribution in [2.75, 3.05) is 13.2 Å². The lowest BCUT2D eigenvalue weighted by Crippen LogP contribution is -2.28. The van der Waals surface area contributed by atoms with Gasteiger partial charge < -0.3 is 15.2 Å². The van der Waals surface area contributed by atoms with Crippen LogP contribution in [0.2, 0.25) is 0 Å². The first-order valence-electron chi connectivity index (χ1n) is 7.86. The van der Waals surface area contributed by atoms with E-state index in [0.717, 1.165) is 51.1 Å². The molecule has 2 atom stereocenters. The van der Waals surface area contributed by atoms with Gasteiger partial charge in [0.2, 0.25) is 0 Å². The van der Waals surface area contributed by atoms with E-state index in [-0.39, 0.29) is 11.8 Å². The second-order valence-corrected chi connectivity index (χ2v) is 5.76. The number of carbonyl (C=O) groups is 1. The zero-order chi connectivity index (χ0) is 15.1. The van der Waals surface area contributed by atoms with Crippen LogP contribution < -0.4 is 10.1 Å². The van der Waals surface area contributed by atoms with Crippen LogP contribution in [-0.4, -0.2) is 24.2 Å². The molecule has 1 aromatic rings. The van der Waals surface area contributed by atoms with Crippen LogP contribution in [0.1, 0.15) is 38.2 Å². The first-order valence-corrected chi connectivity index (χ1v) is 7.86. The van der Waals surface area contributed by atoms with Gasteiger partial charge in [-0.15, -0.1) is 0 Å². The molecule has 4 heteroatoms. The molecule has 116 valence electrons. The number of hydrogen-bond acceptors (Lipinski definition) is 3. The Hall–Kier alpha value is -1.55. The van der Waals surface area contributed by atoms with Crippen LogP contribution in [0, 0.1) is 11.8 Å². The lowest BCUT2D eigenvalue weighted by Gasteiger charge is -2.16. The zero-order valence-corrected chi connectivity index (χ0v) is 12.7. The fourth-order valence-electron chi connectivity index (χ4n) is 2.97. The molecule has 1 fully saturated rings. The van der Waals surface area contributed by atoms with E-state index >= 15 is 0 Å². The number of carboxylic acids is 1. The molecular formula is C17H25NO3. The van der Waals surface area contributed by atoms with Crippen molar-refractivity contribution in [2.45, 2.75) is 39.2 Å². The quantitative estimate of drug-likeness (QED) is 0.773. The lowest BCUT2D eigenvalue weighted by atomic mass is 9.96. The second kappa shape index (κ2) is 8.03. The van der Waals surface area contributed by atoms with Crippen LogP contribution in [0.25, 0.3) is 0 Å². The fourth-order valence-corrected chi connectivity index (χ4v) is 2.97. The minimum absolute atomic E-state index is 0.170. The number of aliphatic carboxylic acids is 1. The molecular weight excluding hydrogens is 266 g/mol. The molecule has 2 unspecified atom stereocenters. The highest BCUT2D eigenvalue weighted by Crippen LogP contribution is 2.31. The van der Waals surface area contributed by atoms with Gasteiger partial charge in [-0.25, -0.2) is 0 Å². The van der Waals surface area contributed by atoms with Crippen molar-refractivity contribution in [1.82, 2.24) is 5.32 Å². The third-order valence-electron chi connectivity index (χ3n) is 4.08. The van der Waals surface area contributed by atoms with Crippen LogP contribution in [0.5, 0.6) is 5.75 Å². The first-order chi connectivity index (χ1) is 10.2. The van der Waals surface area contributed by atoms with Gasteiger partial charge in [0, 0.05) is 6.54 Å². The predicted octanol–water partition coefficient (Wildman–Crippen LogP) is 3.07. The standard InChI is InChI=1S/C17H25NO3/c1-2-9-21-15-7-3-5-13(10-15)11-18-12-14-6-4-8-16(14)17(19)20/h3,5,7,10,14,16,18H,2,4,6,8-9,11-12H2,1H3,(H,19,20). The molecule has 0 aromatic heterocycles. The average molecular weight is 291 g/mol. The van der Waals surface area contributed by atoms with E-state index in [0.29, 0.717) is 0 Å². The normalized spacial score (nSPS) is 21.4. The Morgan fingerprint density at radius 2 is 2.29 bits per heavy atom. The van der Waals surface area contributed by atoms with Crippen molar-refractivity contribution in [1.29, 1.82) is 0 Å². The van der Waals surface area contributed by atoms with Gasteiger partial charge in [0.15, 0.2) is 0 Å². The van der Waals surface area contributed by atoms with Gasteiger partial charge in [0.1, 0.15) is 5.75 Å². The maximum Gasteiger partial charge on any atom is 0.306 e. The summed E-state index contributed by atoms with van der Waals surface area (Å²) >= 11 is 0. The van der Waals surface area contributed by atoms with Crippen molar-refractivity contribution in [2.24, 2.45) is 11.8 Å². The monoisotopic (exact) mass is 291 g/mol. The minimum Gasteiger partial charge on any atom is -0.494 e. The summed E-state index contributed by atoms with van der Waals surface area (Å²) in [5.74, 6) is 0.355. The lowest BCUT2D eigenvalue weighted by molar-refractivity contribution is -0.142. The summed E-state index contributed by atoms with van der Waals surface area (Å²) in [4.78, 5) is 11.1. The van der Waals surface area contributed by atoms with Gasteiger partial charge in [-0.05, 0) is 49.4 Å². The van der Waals surface area contributed by atoms with Gasteiger partial charge in [-0.2, -0.15) is 0 Å². The van der Waals surface area contributed by atoms with Crippen LogP contribution in [-0.2, 0) is 11.3 Å². The Labute approximate surface area is 126 Å². The van der Waals surface area contributed by atoms with E-state index in [2.05, 4.69) is 18.3 Å². The molecule has 2 N–H and O–H groups in total. The molecule has 0 heterocycles. The van der Waals surface area contributed by atoms with Gasteiger partial charge in [0.05, 0.1) is 12.5 Å². The summed E-state index contributed by atoms with van der Waals surface area (Å²) in [7, 11) is 0. The Kier molecular flexibility index (Phi) is 6.05. The molecule has 0 saturated heterocycles. The van der Waals surface area contributed by atoms with Crippen molar-refractivity contribution < 1.29 is 14.6 Å². The Balaban J connectivity index is 1.79. The highest BCUT2D eigenvalue weighted by atomic mass is 16.5. The van der Waals surface area contributed by atoms with E-state index < -0.39 is 5.97 Å². The van der Waals surface area contributed by atoms with E-state index in [4.69, 9.17) is 4.74 Å². The summed E-state index contributed by atoms with van der Waals surface area (Å²) in [5, 5.41) is 12.6. The van der Waals surface area contributed by atoms with E-state index in [9.17, 15) is 9.90 Å². The molecule has 0 amide bonds. The summed E-state index contributed by atoms with van der Waals surface area (Å²) in [5.41, 5.74) is 1.17. The van der Waals surface area contributed by atoms with Gasteiger partial charge in [-0.1, -0.05) is 25.5 Å². The van der Waals surface area contributed by atoms with Crippen molar-refractivity contribution in [3.8, 4) is 5.75 Å². The topological polar surface area (TPSA) is 58.6 Å². The van der Waals surface area contributed by atoms with Crippen molar-refractivity contribution in [3.63, 3.8) is 0 Å². The molecule has 0 aliphatic heterocycles. The van der Waals surface area contributed by atoms with E-state index in [1.807, 2.05) is 18.2 Å². The summed E-state index contributed by atoms with van der Waals surface area (Å²) in [6.07, 6.45) is 3.87. The summed E-state index contributed by atoms with van der Waals surface area (Å²) in [6, 6.07) is 8.08. The Morgan fingerprint density at radius 3 is 3.05 bits per heavy atom. The second-order valence-electron chi connectivity index (χ2n) is 5.76. The number of ether oxygens (including phenoxy) is 1. The Bertz CT molecular complexity index is 461. The van der Waals surface area contributed by atoms with E-state index in [1.165, 1.54) is 5.56 Å². The summed E-state index contributed by atoms with van der Waals surface area (Å²) < 4.78 is 5.62. The molecule has 1 aliphatic carbocycles. The van der Waals surface area contributed by atoms with Crippen LogP contribution in [0.4, 0.5) is 0 Å². The molecule has 0 spiro atoms. The van der Waals surface area contributed by atoms with Crippen LogP contribution in [0.15, 0.2) is 24.3 Å². The third-order valence-corrected chi connectivity index (χ3v) is 4.08. The summed E-state index contributed by atoms with van der Waals surface area (Å²) in [6.45, 7) is 4.36. The number of hydrogen-bond donors (Lipinski definition) is 2. The SMILES string of the molecule is CCCOc1cccc(CNCC2CCCC2C(=O)O)c1. The highest BCUT2D eigenvalue weighted by molar-refractivity contribution is 5.70. The molecule has 0 radical (unpaired) electrons. The molecule has 1 aromatic carbocycles. The molecule has 0 bridgehead atoms. The van der Waals surface area contributed by atoms with Crippen LogP contribution in [0.3, 0.4) is 0 Å². The van der Waals surface area contributed by atoms with Gasteiger partial charge >= 0.3 is 5.97 Å². The number of benzene rings is 1. The maximum absolute atomic E-state index is 11.1. The molecule has 4 nitrogen and oxygen atoms in total. The van der Waals surface area contributed by atoms with Crippen molar-refractivity contribution in [3.05, 3.63) is 29.8 Å². The zero-order valence-electron chi connectivity index (χ0n) is 12.7. The third kappa shape index (κ3) is 4.74. The highest BCUT2D eigenvalue weighted by Gasteiger charge is 2.32. The van der Waals surface area contributed by atoms with E-state index in [1.54, 1.807) is 0 Å². The predicted molar refractivity (Wildman–Crippen MR) is 82.4 cm³/mol. The maximum atomic E-state index is 11.1. The molecule has 1 saturated carbocycles. The first kappa shape index (κ1) is 15.8. The minimum atomic E-state index is -0.644. The largest absolute Gasteiger partial charge is 0.494 e. The number of carboxylic acid groups (broad SMARTS) is 1. The number of nitrogens with one attached hydrogen (secondary N) is 1. The number of rotatable bonds is 8. The molecule has 21 heavy (non-hydrogen) atoms. The van der Waals surface area contributed by atoms with Gasteiger partial charge in [-0.3, -0.25) is 4.79 Å². The average Bonchev–Trinajstić information content (AvgIpc) is 2.94. The smallest absolute Gasteiger partial charge is 0.306 e. The molecule has 2 rings (SSSR count).